The van der Waals surface area contributed by atoms with Crippen LogP contribution >= 0.6 is 11.3 Å². The summed E-state index contributed by atoms with van der Waals surface area (Å²) >= 11 is 1.47. The molecule has 0 radical (unpaired) electrons. The number of aromatic nitrogens is 3. The number of hydrogen-bond donors (Lipinski definition) is 0. The Morgan fingerprint density at radius 1 is 1.03 bits per heavy atom. The van der Waals surface area contributed by atoms with E-state index in [4.69, 9.17) is 14.6 Å². The zero-order valence-electron chi connectivity index (χ0n) is 16.7. The summed E-state index contributed by atoms with van der Waals surface area (Å²) in [6.07, 6.45) is 0. The molecule has 2 aromatic carbocycles. The van der Waals surface area contributed by atoms with Crippen LogP contribution in [0.1, 0.15) is 23.5 Å². The molecule has 6 nitrogen and oxygen atoms in total. The van der Waals surface area contributed by atoms with Gasteiger partial charge in [0.2, 0.25) is 0 Å². The molecular formula is C22H21N3O3S. The Hall–Kier alpha value is -3.19. The van der Waals surface area contributed by atoms with Gasteiger partial charge in [-0.3, -0.25) is 4.79 Å². The lowest BCUT2D eigenvalue weighted by atomic mass is 10.1. The molecule has 0 amide bonds. The average molecular weight is 407 g/mol. The molecule has 1 atom stereocenters. The molecule has 0 aliphatic rings. The van der Waals surface area contributed by atoms with Crippen LogP contribution in [0, 0.1) is 6.92 Å². The van der Waals surface area contributed by atoms with Crippen LogP contribution in [-0.4, -0.2) is 29.0 Å². The summed E-state index contributed by atoms with van der Waals surface area (Å²) in [4.78, 5) is 17.7. The Bertz CT molecular complexity index is 1230. The van der Waals surface area contributed by atoms with Gasteiger partial charge in [-0.25, -0.2) is 9.67 Å². The molecule has 7 heteroatoms. The number of ether oxygens (including phenoxy) is 2. The highest BCUT2D eigenvalue weighted by atomic mass is 32.1. The fourth-order valence-corrected chi connectivity index (χ4v) is 4.26. The molecule has 0 spiro atoms. The summed E-state index contributed by atoms with van der Waals surface area (Å²) in [6.45, 7) is 3.86. The summed E-state index contributed by atoms with van der Waals surface area (Å²) in [7, 11) is 3.20. The Morgan fingerprint density at radius 2 is 1.76 bits per heavy atom. The molecule has 0 fully saturated rings. The Balaban J connectivity index is 1.97. The molecule has 0 saturated carbocycles. The van der Waals surface area contributed by atoms with Gasteiger partial charge in [0.05, 0.1) is 30.0 Å². The third kappa shape index (κ3) is 3.38. The number of methoxy groups -OCH3 is 2. The lowest BCUT2D eigenvalue weighted by molar-refractivity contribution is 0.355. The van der Waals surface area contributed by atoms with Crippen molar-refractivity contribution in [2.75, 3.05) is 14.2 Å². The standard InChI is InChI=1S/C22H21N3O3S/c1-13(15-8-6-5-7-9-15)25-22(26)20-21(29-14(2)23-20)19(24-25)16-10-11-17(27-3)18(12-16)28-4/h5-13H,1-4H3. The minimum absolute atomic E-state index is 0.190. The second kappa shape index (κ2) is 7.67. The largest absolute Gasteiger partial charge is 0.493 e. The molecule has 2 aromatic heterocycles. The molecule has 0 N–H and O–H groups in total. The normalized spacial score (nSPS) is 12.1. The van der Waals surface area contributed by atoms with Crippen LogP contribution in [0.25, 0.3) is 21.5 Å². The molecule has 4 aromatic rings. The molecule has 0 bridgehead atoms. The van der Waals surface area contributed by atoms with E-state index < -0.39 is 0 Å². The van der Waals surface area contributed by atoms with Crippen molar-refractivity contribution in [2.45, 2.75) is 19.9 Å². The predicted molar refractivity (Wildman–Crippen MR) is 115 cm³/mol. The lowest BCUT2D eigenvalue weighted by Crippen LogP contribution is -2.27. The smallest absolute Gasteiger partial charge is 0.294 e. The highest BCUT2D eigenvalue weighted by Crippen LogP contribution is 2.35. The average Bonchev–Trinajstić information content (AvgIpc) is 3.15. The molecule has 0 aliphatic carbocycles. The molecule has 29 heavy (non-hydrogen) atoms. The molecule has 4 rings (SSSR count). The SMILES string of the molecule is COc1ccc(-c2nn(C(C)c3ccccc3)c(=O)c3nc(C)sc23)cc1OC. The van der Waals surface area contributed by atoms with Gasteiger partial charge in [-0.1, -0.05) is 30.3 Å². The van der Waals surface area contributed by atoms with Crippen molar-refractivity contribution in [1.82, 2.24) is 14.8 Å². The van der Waals surface area contributed by atoms with E-state index >= 15 is 0 Å². The first-order valence-electron chi connectivity index (χ1n) is 9.20. The van der Waals surface area contributed by atoms with Gasteiger partial charge in [0, 0.05) is 5.56 Å². The van der Waals surface area contributed by atoms with Gasteiger partial charge in [0.25, 0.3) is 5.56 Å². The highest BCUT2D eigenvalue weighted by molar-refractivity contribution is 7.19. The van der Waals surface area contributed by atoms with Gasteiger partial charge >= 0.3 is 0 Å². The van der Waals surface area contributed by atoms with E-state index in [1.165, 1.54) is 16.0 Å². The number of nitrogens with zero attached hydrogens (tertiary/aromatic N) is 3. The van der Waals surface area contributed by atoms with Crippen molar-refractivity contribution in [3.05, 3.63) is 69.5 Å². The van der Waals surface area contributed by atoms with E-state index in [9.17, 15) is 4.79 Å². The maximum Gasteiger partial charge on any atom is 0.294 e. The molecule has 0 saturated heterocycles. The second-order valence-corrected chi connectivity index (χ2v) is 7.87. The lowest BCUT2D eigenvalue weighted by Gasteiger charge is -2.16. The molecule has 0 aliphatic heterocycles. The van der Waals surface area contributed by atoms with Gasteiger partial charge in [0.1, 0.15) is 5.69 Å². The van der Waals surface area contributed by atoms with E-state index in [1.54, 1.807) is 14.2 Å². The van der Waals surface area contributed by atoms with Crippen LogP contribution in [0.4, 0.5) is 0 Å². The third-order valence-electron chi connectivity index (χ3n) is 4.87. The first-order chi connectivity index (χ1) is 14.0. The van der Waals surface area contributed by atoms with Crippen LogP contribution in [0.5, 0.6) is 11.5 Å². The number of hydrogen-bond acceptors (Lipinski definition) is 6. The van der Waals surface area contributed by atoms with Crippen molar-refractivity contribution < 1.29 is 9.47 Å². The van der Waals surface area contributed by atoms with Crippen molar-refractivity contribution in [1.29, 1.82) is 0 Å². The Kier molecular flexibility index (Phi) is 5.07. The Labute approximate surface area is 172 Å². The monoisotopic (exact) mass is 407 g/mol. The first-order valence-corrected chi connectivity index (χ1v) is 10.0. The van der Waals surface area contributed by atoms with E-state index in [2.05, 4.69) is 4.98 Å². The minimum Gasteiger partial charge on any atom is -0.493 e. The quantitative estimate of drug-likeness (QED) is 0.489. The van der Waals surface area contributed by atoms with E-state index in [0.717, 1.165) is 20.8 Å². The van der Waals surface area contributed by atoms with Crippen molar-refractivity contribution >= 4 is 21.6 Å². The number of rotatable bonds is 5. The van der Waals surface area contributed by atoms with Crippen LogP contribution in [0.15, 0.2) is 53.3 Å². The summed E-state index contributed by atoms with van der Waals surface area (Å²) < 4.78 is 13.1. The molecule has 1 unspecified atom stereocenters. The molecule has 2 heterocycles. The van der Waals surface area contributed by atoms with Crippen molar-refractivity contribution in [3.8, 4) is 22.8 Å². The zero-order valence-corrected chi connectivity index (χ0v) is 17.5. The highest BCUT2D eigenvalue weighted by Gasteiger charge is 2.20. The number of thiazole rings is 1. The fourth-order valence-electron chi connectivity index (χ4n) is 3.35. The molecular weight excluding hydrogens is 386 g/mol. The number of fused-ring (bicyclic) bond motifs is 1. The maximum atomic E-state index is 13.2. The fraction of sp³-hybridized carbons (Fsp3) is 0.227. The van der Waals surface area contributed by atoms with Gasteiger partial charge in [0.15, 0.2) is 17.0 Å². The van der Waals surface area contributed by atoms with E-state index in [0.29, 0.717) is 22.7 Å². The maximum absolute atomic E-state index is 13.2. The molecule has 148 valence electrons. The predicted octanol–water partition coefficient (Wildman–Crippen LogP) is 4.45. The van der Waals surface area contributed by atoms with Gasteiger partial charge < -0.3 is 9.47 Å². The summed E-state index contributed by atoms with van der Waals surface area (Å²) in [5, 5.41) is 5.59. The van der Waals surface area contributed by atoms with Crippen molar-refractivity contribution in [3.63, 3.8) is 0 Å². The van der Waals surface area contributed by atoms with Crippen LogP contribution in [-0.2, 0) is 0 Å². The van der Waals surface area contributed by atoms with Crippen molar-refractivity contribution in [2.24, 2.45) is 0 Å². The number of aryl methyl sites for hydroxylation is 1. The van der Waals surface area contributed by atoms with Gasteiger partial charge in [-0.2, -0.15) is 5.10 Å². The third-order valence-corrected chi connectivity index (χ3v) is 5.85. The van der Waals surface area contributed by atoms with E-state index in [1.807, 2.05) is 62.4 Å². The van der Waals surface area contributed by atoms with Gasteiger partial charge in [-0.05, 0) is 37.6 Å². The van der Waals surface area contributed by atoms with Gasteiger partial charge in [-0.15, -0.1) is 11.3 Å². The zero-order chi connectivity index (χ0) is 20.5. The first kappa shape index (κ1) is 19.1. The van der Waals surface area contributed by atoms with E-state index in [-0.39, 0.29) is 11.6 Å². The summed E-state index contributed by atoms with van der Waals surface area (Å²) in [5.74, 6) is 1.24. The van der Waals surface area contributed by atoms with Crippen LogP contribution in [0.3, 0.4) is 0 Å². The summed E-state index contributed by atoms with van der Waals surface area (Å²) in [6, 6.07) is 15.2. The van der Waals surface area contributed by atoms with Crippen LogP contribution in [0.2, 0.25) is 0 Å². The number of benzene rings is 2. The topological polar surface area (TPSA) is 66.2 Å². The Morgan fingerprint density at radius 3 is 2.45 bits per heavy atom. The minimum atomic E-state index is -0.228. The van der Waals surface area contributed by atoms with Crippen LogP contribution < -0.4 is 15.0 Å². The summed E-state index contributed by atoms with van der Waals surface area (Å²) in [5.41, 5.74) is 2.80. The second-order valence-electron chi connectivity index (χ2n) is 6.67.